The van der Waals surface area contributed by atoms with E-state index >= 15 is 0 Å². The maximum atomic E-state index is 12.3. The van der Waals surface area contributed by atoms with E-state index in [0.717, 1.165) is 17.0 Å². The molecule has 2 N–H and O–H groups in total. The Bertz CT molecular complexity index is 1100. The number of nitrogens with zero attached hydrogens (tertiary/aromatic N) is 2. The number of para-hydroxylation sites is 1. The van der Waals surface area contributed by atoms with E-state index in [9.17, 15) is 9.90 Å². The summed E-state index contributed by atoms with van der Waals surface area (Å²) in [5.41, 5.74) is 2.14. The normalized spacial score (nSPS) is 11.2. The molecule has 27 heavy (non-hydrogen) atoms. The summed E-state index contributed by atoms with van der Waals surface area (Å²) in [7, 11) is 0. The molecule has 0 unspecified atom stereocenters. The Morgan fingerprint density at radius 1 is 1.22 bits per heavy atom. The summed E-state index contributed by atoms with van der Waals surface area (Å²) in [5, 5.41) is 10.7. The minimum Gasteiger partial charge on any atom is -0.494 e. The van der Waals surface area contributed by atoms with Gasteiger partial charge in [0.25, 0.3) is 5.56 Å². The van der Waals surface area contributed by atoms with Gasteiger partial charge in [0, 0.05) is 11.1 Å². The maximum Gasteiger partial charge on any atom is 0.264 e. The summed E-state index contributed by atoms with van der Waals surface area (Å²) in [6.07, 6.45) is 4.24. The fraction of sp³-hybridized carbons (Fsp3) is 0.150. The Kier molecular flexibility index (Phi) is 5.93. The third-order valence-corrected chi connectivity index (χ3v) is 5.21. The van der Waals surface area contributed by atoms with Crippen LogP contribution in [0.4, 0.5) is 5.69 Å². The second-order valence-electron chi connectivity index (χ2n) is 5.78. The summed E-state index contributed by atoms with van der Waals surface area (Å²) in [6, 6.07) is 15.2. The molecule has 5 nitrogen and oxygen atoms in total. The lowest BCUT2D eigenvalue weighted by atomic mass is 10.1. The van der Waals surface area contributed by atoms with Crippen molar-refractivity contribution in [1.29, 1.82) is 0 Å². The number of thioether (sulfide) groups is 1. The van der Waals surface area contributed by atoms with E-state index in [0.29, 0.717) is 5.69 Å². The van der Waals surface area contributed by atoms with Crippen LogP contribution in [0, 0.1) is 4.77 Å². The van der Waals surface area contributed by atoms with Gasteiger partial charge in [0.05, 0.1) is 11.4 Å². The monoisotopic (exact) mass is 397 g/mol. The van der Waals surface area contributed by atoms with Crippen molar-refractivity contribution in [3.8, 4) is 11.6 Å². The Morgan fingerprint density at radius 2 is 1.93 bits per heavy atom. The van der Waals surface area contributed by atoms with Gasteiger partial charge in [-0.1, -0.05) is 31.2 Å². The zero-order valence-electron chi connectivity index (χ0n) is 15.0. The number of rotatable bonds is 5. The SMILES string of the molecule is CCc1ccc(-n2c(O)c(C=Nc3ccccc3SC)c(=O)[nH]c2=S)cc1. The zero-order valence-corrected chi connectivity index (χ0v) is 16.6. The molecular formula is C20H19N3O2S2. The van der Waals surface area contributed by atoms with Crippen LogP contribution in [0.25, 0.3) is 5.69 Å². The molecule has 2 aromatic carbocycles. The third-order valence-electron chi connectivity index (χ3n) is 4.14. The van der Waals surface area contributed by atoms with Crippen LogP contribution in [-0.2, 0) is 6.42 Å². The number of aryl methyl sites for hydroxylation is 1. The highest BCUT2D eigenvalue weighted by Crippen LogP contribution is 2.27. The molecular weight excluding hydrogens is 378 g/mol. The molecule has 7 heteroatoms. The standard InChI is InChI=1S/C20H19N3O2S2/c1-3-13-8-10-14(11-9-13)23-19(25)15(18(24)22-20(23)26)12-21-16-6-4-5-7-17(16)27-2/h4-12,25H,3H2,1-2H3,(H,22,24,26). The minimum atomic E-state index is -0.482. The first-order valence-electron chi connectivity index (χ1n) is 8.39. The summed E-state index contributed by atoms with van der Waals surface area (Å²) < 4.78 is 1.56. The van der Waals surface area contributed by atoms with Crippen molar-refractivity contribution in [2.24, 2.45) is 4.99 Å². The van der Waals surface area contributed by atoms with Gasteiger partial charge in [0.15, 0.2) is 4.77 Å². The molecule has 0 aliphatic carbocycles. The van der Waals surface area contributed by atoms with Gasteiger partial charge in [0.1, 0.15) is 5.56 Å². The van der Waals surface area contributed by atoms with E-state index in [-0.39, 0.29) is 16.2 Å². The van der Waals surface area contributed by atoms with Crippen LogP contribution in [0.3, 0.4) is 0 Å². The molecule has 0 saturated heterocycles. The maximum absolute atomic E-state index is 12.3. The number of benzene rings is 2. The topological polar surface area (TPSA) is 70.4 Å². The van der Waals surface area contributed by atoms with Crippen LogP contribution < -0.4 is 5.56 Å². The summed E-state index contributed by atoms with van der Waals surface area (Å²) >= 11 is 6.81. The van der Waals surface area contributed by atoms with Crippen LogP contribution in [0.2, 0.25) is 0 Å². The fourth-order valence-corrected chi connectivity index (χ4v) is 3.47. The number of nitrogens with one attached hydrogen (secondary N) is 1. The molecule has 0 fully saturated rings. The summed E-state index contributed by atoms with van der Waals surface area (Å²) in [5.74, 6) is -0.238. The van der Waals surface area contributed by atoms with Gasteiger partial charge in [-0.25, -0.2) is 0 Å². The number of aromatic nitrogens is 2. The smallest absolute Gasteiger partial charge is 0.264 e. The van der Waals surface area contributed by atoms with Crippen molar-refractivity contribution >= 4 is 35.9 Å². The quantitative estimate of drug-likeness (QED) is 0.374. The number of H-pyrrole nitrogens is 1. The van der Waals surface area contributed by atoms with Crippen molar-refractivity contribution in [2.75, 3.05) is 6.26 Å². The molecule has 0 saturated carbocycles. The molecule has 0 bridgehead atoms. The van der Waals surface area contributed by atoms with Crippen molar-refractivity contribution < 1.29 is 5.11 Å². The lowest BCUT2D eigenvalue weighted by molar-refractivity contribution is 0.432. The van der Waals surface area contributed by atoms with Crippen LogP contribution >= 0.6 is 24.0 Å². The van der Waals surface area contributed by atoms with E-state index in [1.54, 1.807) is 11.8 Å². The predicted molar refractivity (Wildman–Crippen MR) is 114 cm³/mol. The summed E-state index contributed by atoms with van der Waals surface area (Å²) in [6.45, 7) is 2.07. The lowest BCUT2D eigenvalue weighted by Crippen LogP contribution is -2.18. The highest BCUT2D eigenvalue weighted by atomic mass is 32.2. The highest BCUT2D eigenvalue weighted by Gasteiger charge is 2.13. The van der Waals surface area contributed by atoms with Crippen LogP contribution in [0.1, 0.15) is 18.1 Å². The molecule has 0 spiro atoms. The zero-order chi connectivity index (χ0) is 19.4. The first-order chi connectivity index (χ1) is 13.0. The Morgan fingerprint density at radius 3 is 2.59 bits per heavy atom. The van der Waals surface area contributed by atoms with Crippen molar-refractivity contribution in [3.63, 3.8) is 0 Å². The minimum absolute atomic E-state index is 0.0547. The van der Waals surface area contributed by atoms with Gasteiger partial charge in [-0.15, -0.1) is 11.8 Å². The van der Waals surface area contributed by atoms with E-state index in [1.165, 1.54) is 16.3 Å². The molecule has 0 radical (unpaired) electrons. The second-order valence-corrected chi connectivity index (χ2v) is 7.02. The largest absolute Gasteiger partial charge is 0.494 e. The number of hydrogen-bond acceptors (Lipinski definition) is 5. The molecule has 0 aliphatic rings. The molecule has 0 amide bonds. The average molecular weight is 398 g/mol. The second kappa shape index (κ2) is 8.37. The van der Waals surface area contributed by atoms with Crippen LogP contribution in [0.15, 0.2) is 63.2 Å². The van der Waals surface area contributed by atoms with E-state index in [4.69, 9.17) is 12.2 Å². The molecule has 0 aliphatic heterocycles. The van der Waals surface area contributed by atoms with Crippen molar-refractivity contribution in [2.45, 2.75) is 18.2 Å². The van der Waals surface area contributed by atoms with Crippen molar-refractivity contribution in [1.82, 2.24) is 9.55 Å². The van der Waals surface area contributed by atoms with E-state index in [1.807, 2.05) is 54.8 Å². The first-order valence-corrected chi connectivity index (χ1v) is 10.0. The Balaban J connectivity index is 2.10. The molecule has 3 rings (SSSR count). The predicted octanol–water partition coefficient (Wildman–Crippen LogP) is 4.64. The Labute approximate surface area is 166 Å². The van der Waals surface area contributed by atoms with E-state index < -0.39 is 5.56 Å². The van der Waals surface area contributed by atoms with Gasteiger partial charge < -0.3 is 5.11 Å². The molecule has 3 aromatic rings. The fourth-order valence-electron chi connectivity index (χ4n) is 2.65. The Hall–Kier alpha value is -2.64. The number of aromatic amines is 1. The van der Waals surface area contributed by atoms with Crippen molar-refractivity contribution in [3.05, 3.63) is 74.8 Å². The first kappa shape index (κ1) is 19.1. The average Bonchev–Trinajstić information content (AvgIpc) is 2.68. The van der Waals surface area contributed by atoms with Crippen LogP contribution in [0.5, 0.6) is 5.88 Å². The summed E-state index contributed by atoms with van der Waals surface area (Å²) in [4.78, 5) is 20.3. The van der Waals surface area contributed by atoms with E-state index in [2.05, 4.69) is 16.9 Å². The van der Waals surface area contributed by atoms with Gasteiger partial charge in [0.2, 0.25) is 5.88 Å². The van der Waals surface area contributed by atoms with Gasteiger partial charge in [-0.2, -0.15) is 0 Å². The lowest BCUT2D eigenvalue weighted by Gasteiger charge is -2.11. The number of aliphatic imine (C=N–C) groups is 1. The van der Waals surface area contributed by atoms with Gasteiger partial charge in [-0.3, -0.25) is 19.3 Å². The molecule has 0 atom stereocenters. The highest BCUT2D eigenvalue weighted by molar-refractivity contribution is 7.98. The third kappa shape index (κ3) is 4.04. The van der Waals surface area contributed by atoms with Gasteiger partial charge >= 0.3 is 0 Å². The molecule has 1 heterocycles. The molecule has 1 aromatic heterocycles. The molecule has 138 valence electrons. The number of hydrogen-bond donors (Lipinski definition) is 2. The number of aromatic hydroxyl groups is 1. The van der Waals surface area contributed by atoms with Crippen LogP contribution in [-0.4, -0.2) is 27.1 Å². The van der Waals surface area contributed by atoms with Gasteiger partial charge in [-0.05, 0) is 54.7 Å².